The lowest BCUT2D eigenvalue weighted by atomic mass is 9.87. The molecule has 0 bridgehead atoms. The van der Waals surface area contributed by atoms with E-state index in [1.807, 2.05) is 18.2 Å². The Kier molecular flexibility index (Phi) is 4.95. The van der Waals surface area contributed by atoms with Crippen LogP contribution in [0, 0.1) is 5.82 Å². The normalized spacial score (nSPS) is 27.9. The zero-order valence-electron chi connectivity index (χ0n) is 14.9. The first kappa shape index (κ1) is 18.1. The third-order valence-corrected chi connectivity index (χ3v) is 5.47. The zero-order valence-corrected chi connectivity index (χ0v) is 14.9. The highest BCUT2D eigenvalue weighted by molar-refractivity contribution is 5.82. The molecule has 2 aromatic carbocycles. The number of aliphatic hydroxyl groups excluding tert-OH is 1. The third kappa shape index (κ3) is 3.48. The van der Waals surface area contributed by atoms with E-state index >= 15 is 0 Å². The first-order valence-corrected chi connectivity index (χ1v) is 9.23. The number of aliphatic hydroxyl groups is 1. The van der Waals surface area contributed by atoms with Crippen LogP contribution in [0.5, 0.6) is 0 Å². The van der Waals surface area contributed by atoms with Crippen molar-refractivity contribution in [3.63, 3.8) is 0 Å². The van der Waals surface area contributed by atoms with Gasteiger partial charge in [0.2, 0.25) is 0 Å². The molecule has 27 heavy (non-hydrogen) atoms. The molecular weight excluding hydrogens is 347 g/mol. The van der Waals surface area contributed by atoms with Gasteiger partial charge >= 0.3 is 0 Å². The number of carbonyl (C=O) groups is 1. The highest BCUT2D eigenvalue weighted by atomic mass is 19.1. The fourth-order valence-electron chi connectivity index (χ4n) is 3.97. The van der Waals surface area contributed by atoms with Crippen LogP contribution in [0.2, 0.25) is 0 Å². The average Bonchev–Trinajstić information content (AvgIpc) is 2.69. The summed E-state index contributed by atoms with van der Waals surface area (Å²) < 4.78 is 19.1. The van der Waals surface area contributed by atoms with E-state index < -0.39 is 18.2 Å². The van der Waals surface area contributed by atoms with Crippen molar-refractivity contribution in [1.29, 1.82) is 0 Å². The number of rotatable bonds is 2. The zero-order chi connectivity index (χ0) is 19.0. The second-order valence-corrected chi connectivity index (χ2v) is 7.22. The van der Waals surface area contributed by atoms with E-state index in [1.54, 1.807) is 17.0 Å². The van der Waals surface area contributed by atoms with Crippen LogP contribution in [0.1, 0.15) is 29.2 Å². The summed E-state index contributed by atoms with van der Waals surface area (Å²) in [7, 11) is 0. The van der Waals surface area contributed by atoms with Crippen LogP contribution >= 0.6 is 0 Å². The number of benzene rings is 2. The van der Waals surface area contributed by atoms with E-state index in [0.717, 1.165) is 17.5 Å². The van der Waals surface area contributed by atoms with E-state index in [-0.39, 0.29) is 30.8 Å². The first-order chi connectivity index (χ1) is 13.0. The summed E-state index contributed by atoms with van der Waals surface area (Å²) in [4.78, 5) is 15.0. The van der Waals surface area contributed by atoms with Gasteiger partial charge in [0.05, 0.1) is 24.8 Å². The molecule has 0 saturated carbocycles. The predicted molar refractivity (Wildman–Crippen MR) is 98.4 cm³/mol. The summed E-state index contributed by atoms with van der Waals surface area (Å²) in [6.45, 7) is 0.698. The summed E-state index contributed by atoms with van der Waals surface area (Å²) in [5, 5.41) is 10.0. The van der Waals surface area contributed by atoms with Crippen LogP contribution in [-0.4, -0.2) is 47.3 Å². The second-order valence-electron chi connectivity index (χ2n) is 7.22. The summed E-state index contributed by atoms with van der Waals surface area (Å²) >= 11 is 0. The smallest absolute Gasteiger partial charge is 0.252 e. The van der Waals surface area contributed by atoms with Crippen molar-refractivity contribution in [2.45, 2.75) is 37.1 Å². The van der Waals surface area contributed by atoms with Gasteiger partial charge in [0.1, 0.15) is 11.9 Å². The Morgan fingerprint density at radius 2 is 1.93 bits per heavy atom. The lowest BCUT2D eigenvalue weighted by molar-refractivity contribution is -0.154. The molecule has 1 saturated heterocycles. The SMILES string of the molecule is N[C@H]1CO[C@@H](C(=O)N2CCc3ccccc3[C@@H]2c2ccc(F)cc2)C[C@H]1O. The molecule has 2 aromatic rings. The minimum atomic E-state index is -0.756. The number of amides is 1. The van der Waals surface area contributed by atoms with Crippen LogP contribution in [-0.2, 0) is 16.0 Å². The molecule has 0 aromatic heterocycles. The summed E-state index contributed by atoms with van der Waals surface area (Å²) in [5.41, 5.74) is 8.85. The van der Waals surface area contributed by atoms with Gasteiger partial charge in [-0.3, -0.25) is 4.79 Å². The lowest BCUT2D eigenvalue weighted by Gasteiger charge is -2.41. The number of hydrogen-bond acceptors (Lipinski definition) is 4. The van der Waals surface area contributed by atoms with E-state index in [1.165, 1.54) is 17.7 Å². The van der Waals surface area contributed by atoms with Crippen LogP contribution in [0.3, 0.4) is 0 Å². The van der Waals surface area contributed by atoms with Gasteiger partial charge in [0.25, 0.3) is 5.91 Å². The molecule has 4 atom stereocenters. The molecule has 2 aliphatic rings. The number of fused-ring (bicyclic) bond motifs is 1. The Bertz CT molecular complexity index is 826. The fraction of sp³-hybridized carbons (Fsp3) is 0.381. The Morgan fingerprint density at radius 3 is 2.67 bits per heavy atom. The van der Waals surface area contributed by atoms with Crippen molar-refractivity contribution in [3.8, 4) is 0 Å². The monoisotopic (exact) mass is 370 g/mol. The van der Waals surface area contributed by atoms with Crippen molar-refractivity contribution in [2.24, 2.45) is 5.73 Å². The summed E-state index contributed by atoms with van der Waals surface area (Å²) in [5.74, 6) is -0.474. The summed E-state index contributed by atoms with van der Waals surface area (Å²) in [6, 6.07) is 13.5. The average molecular weight is 370 g/mol. The lowest BCUT2D eigenvalue weighted by Crippen LogP contribution is -2.53. The van der Waals surface area contributed by atoms with E-state index in [2.05, 4.69) is 6.07 Å². The van der Waals surface area contributed by atoms with E-state index in [4.69, 9.17) is 10.5 Å². The van der Waals surface area contributed by atoms with Gasteiger partial charge in [-0.25, -0.2) is 4.39 Å². The maximum Gasteiger partial charge on any atom is 0.252 e. The fourth-order valence-corrected chi connectivity index (χ4v) is 3.97. The van der Waals surface area contributed by atoms with Gasteiger partial charge in [-0.05, 0) is 35.2 Å². The number of nitrogens with zero attached hydrogens (tertiary/aromatic N) is 1. The second kappa shape index (κ2) is 7.38. The predicted octanol–water partition coefficient (Wildman–Crippen LogP) is 1.78. The van der Waals surface area contributed by atoms with Crippen molar-refractivity contribution in [3.05, 3.63) is 71.0 Å². The molecule has 0 aliphatic carbocycles. The molecule has 2 heterocycles. The molecule has 0 spiro atoms. The van der Waals surface area contributed by atoms with Gasteiger partial charge in [-0.1, -0.05) is 36.4 Å². The molecule has 1 fully saturated rings. The highest BCUT2D eigenvalue weighted by Crippen LogP contribution is 2.36. The molecule has 0 unspecified atom stereocenters. The molecule has 142 valence electrons. The van der Waals surface area contributed by atoms with Gasteiger partial charge < -0.3 is 20.5 Å². The Morgan fingerprint density at radius 1 is 1.19 bits per heavy atom. The molecule has 1 amide bonds. The number of hydrogen-bond donors (Lipinski definition) is 2. The van der Waals surface area contributed by atoms with E-state index in [9.17, 15) is 14.3 Å². The minimum absolute atomic E-state index is 0.156. The maximum atomic E-state index is 13.4. The largest absolute Gasteiger partial charge is 0.391 e. The quantitative estimate of drug-likeness (QED) is 0.845. The van der Waals surface area contributed by atoms with Crippen LogP contribution in [0.4, 0.5) is 4.39 Å². The van der Waals surface area contributed by atoms with E-state index in [0.29, 0.717) is 6.54 Å². The van der Waals surface area contributed by atoms with Crippen LogP contribution in [0.25, 0.3) is 0 Å². The molecule has 4 rings (SSSR count). The van der Waals surface area contributed by atoms with Gasteiger partial charge in [-0.2, -0.15) is 0 Å². The minimum Gasteiger partial charge on any atom is -0.391 e. The van der Waals surface area contributed by atoms with Crippen LogP contribution in [0.15, 0.2) is 48.5 Å². The number of ether oxygens (including phenoxy) is 1. The molecular formula is C21H23FN2O3. The first-order valence-electron chi connectivity index (χ1n) is 9.23. The molecule has 2 aliphatic heterocycles. The highest BCUT2D eigenvalue weighted by Gasteiger charge is 2.39. The molecule has 3 N–H and O–H groups in total. The topological polar surface area (TPSA) is 75.8 Å². The van der Waals surface area contributed by atoms with Gasteiger partial charge in [0.15, 0.2) is 0 Å². The van der Waals surface area contributed by atoms with Crippen LogP contribution < -0.4 is 5.73 Å². The maximum absolute atomic E-state index is 13.4. The third-order valence-electron chi connectivity index (χ3n) is 5.47. The number of halogens is 1. The summed E-state index contributed by atoms with van der Waals surface area (Å²) in [6.07, 6.45) is -0.537. The van der Waals surface area contributed by atoms with Gasteiger partial charge in [0, 0.05) is 13.0 Å². The molecule has 5 nitrogen and oxygen atoms in total. The molecule has 0 radical (unpaired) electrons. The van der Waals surface area contributed by atoms with Crippen molar-refractivity contribution >= 4 is 5.91 Å². The van der Waals surface area contributed by atoms with Crippen molar-refractivity contribution < 1.29 is 19.0 Å². The number of carbonyl (C=O) groups excluding carboxylic acids is 1. The van der Waals surface area contributed by atoms with Gasteiger partial charge in [-0.15, -0.1) is 0 Å². The Hall–Kier alpha value is -2.28. The molecule has 6 heteroatoms. The van der Waals surface area contributed by atoms with Crippen molar-refractivity contribution in [1.82, 2.24) is 4.90 Å². The standard InChI is InChI=1S/C21H23FN2O3/c22-15-7-5-14(6-8-15)20-16-4-2-1-3-13(16)9-10-24(20)21(26)19-11-18(25)17(23)12-27-19/h1-8,17-20,25H,9-12,23H2/t17-,18+,19+,20-/m0/s1. The Labute approximate surface area is 157 Å². The van der Waals surface area contributed by atoms with Crippen molar-refractivity contribution in [2.75, 3.05) is 13.2 Å². The number of nitrogens with two attached hydrogens (primary N) is 1. The Balaban J connectivity index is 1.68.